The minimum absolute atomic E-state index is 0.0854. The molecule has 0 unspecified atom stereocenters. The van der Waals surface area contributed by atoms with Crippen molar-refractivity contribution in [3.63, 3.8) is 0 Å². The summed E-state index contributed by atoms with van der Waals surface area (Å²) in [7, 11) is 0. The zero-order chi connectivity index (χ0) is 21.9. The molecule has 0 saturated heterocycles. The lowest BCUT2D eigenvalue weighted by Crippen LogP contribution is -2.21. The molecule has 0 aliphatic heterocycles. The number of pyridine rings is 1. The fraction of sp³-hybridized carbons (Fsp3) is 0.0870. The van der Waals surface area contributed by atoms with Gasteiger partial charge in [-0.05, 0) is 30.0 Å². The van der Waals surface area contributed by atoms with Crippen LogP contribution in [0.25, 0.3) is 22.4 Å². The van der Waals surface area contributed by atoms with Crippen molar-refractivity contribution < 1.29 is 0 Å². The van der Waals surface area contributed by atoms with Gasteiger partial charge in [0.15, 0.2) is 11.0 Å². The second-order valence-corrected chi connectivity index (χ2v) is 8.77. The number of hydrogen-bond acceptors (Lipinski definition) is 7. The SMILES string of the molecule is CSc1ncc2ccc(=O)n(Cc3ccc(Sn4cnc(-c5ccccc5)n4)cc3)c2n1. The van der Waals surface area contributed by atoms with Gasteiger partial charge in [-0.15, -0.1) is 5.10 Å². The van der Waals surface area contributed by atoms with Crippen LogP contribution in [0.3, 0.4) is 0 Å². The number of aromatic nitrogens is 6. The van der Waals surface area contributed by atoms with Crippen molar-refractivity contribution in [2.24, 2.45) is 0 Å². The molecule has 32 heavy (non-hydrogen) atoms. The van der Waals surface area contributed by atoms with Crippen molar-refractivity contribution in [1.29, 1.82) is 0 Å². The Kier molecular flexibility index (Phi) is 5.74. The van der Waals surface area contributed by atoms with Gasteiger partial charge in [-0.2, -0.15) is 4.09 Å². The van der Waals surface area contributed by atoms with E-state index in [1.807, 2.05) is 60.9 Å². The summed E-state index contributed by atoms with van der Waals surface area (Å²) in [5.74, 6) is 0.691. The van der Waals surface area contributed by atoms with E-state index in [9.17, 15) is 4.79 Å². The summed E-state index contributed by atoms with van der Waals surface area (Å²) >= 11 is 2.93. The molecule has 158 valence electrons. The van der Waals surface area contributed by atoms with Crippen molar-refractivity contribution >= 4 is 34.7 Å². The smallest absolute Gasteiger partial charge is 0.252 e. The van der Waals surface area contributed by atoms with Gasteiger partial charge in [0.2, 0.25) is 0 Å². The van der Waals surface area contributed by atoms with E-state index in [1.54, 1.807) is 33.3 Å². The first-order valence-electron chi connectivity index (χ1n) is 9.84. The van der Waals surface area contributed by atoms with Crippen molar-refractivity contribution in [2.45, 2.75) is 16.6 Å². The van der Waals surface area contributed by atoms with Crippen LogP contribution >= 0.6 is 23.7 Å². The summed E-state index contributed by atoms with van der Waals surface area (Å²) in [6.07, 6.45) is 5.38. The van der Waals surface area contributed by atoms with Crippen molar-refractivity contribution in [3.05, 3.63) is 95.2 Å². The van der Waals surface area contributed by atoms with E-state index in [1.165, 1.54) is 23.7 Å². The van der Waals surface area contributed by atoms with Gasteiger partial charge in [0.25, 0.3) is 5.56 Å². The van der Waals surface area contributed by atoms with E-state index in [4.69, 9.17) is 0 Å². The lowest BCUT2D eigenvalue weighted by Gasteiger charge is -2.10. The van der Waals surface area contributed by atoms with Crippen LogP contribution in [-0.2, 0) is 6.54 Å². The van der Waals surface area contributed by atoms with Gasteiger partial charge in [0, 0.05) is 40.1 Å². The number of nitrogens with zero attached hydrogens (tertiary/aromatic N) is 6. The first-order chi connectivity index (χ1) is 15.7. The molecule has 9 heteroatoms. The molecule has 7 nitrogen and oxygen atoms in total. The summed E-state index contributed by atoms with van der Waals surface area (Å²) in [5.41, 5.74) is 2.55. The maximum Gasteiger partial charge on any atom is 0.252 e. The molecule has 0 radical (unpaired) electrons. The van der Waals surface area contributed by atoms with E-state index < -0.39 is 0 Å². The maximum absolute atomic E-state index is 12.5. The maximum atomic E-state index is 12.5. The largest absolute Gasteiger partial charge is 0.288 e. The average molecular weight is 459 g/mol. The third kappa shape index (κ3) is 4.30. The molecule has 0 bridgehead atoms. The first kappa shape index (κ1) is 20.5. The van der Waals surface area contributed by atoms with Crippen LogP contribution in [0.1, 0.15) is 5.56 Å². The van der Waals surface area contributed by atoms with Crippen LogP contribution in [0.15, 0.2) is 94.1 Å². The molecule has 3 heterocycles. The van der Waals surface area contributed by atoms with Crippen LogP contribution in [0.5, 0.6) is 0 Å². The number of thioether (sulfide) groups is 1. The van der Waals surface area contributed by atoms with Gasteiger partial charge in [0.05, 0.1) is 6.54 Å². The Morgan fingerprint density at radius 2 is 1.75 bits per heavy atom. The normalized spacial score (nSPS) is 11.2. The molecule has 0 amide bonds. The molecule has 0 saturated carbocycles. The Balaban J connectivity index is 1.35. The molecule has 0 aliphatic carbocycles. The van der Waals surface area contributed by atoms with E-state index in [0.29, 0.717) is 23.2 Å². The Morgan fingerprint density at radius 3 is 2.53 bits per heavy atom. The van der Waals surface area contributed by atoms with E-state index in [-0.39, 0.29) is 5.56 Å². The van der Waals surface area contributed by atoms with Gasteiger partial charge in [-0.25, -0.2) is 15.0 Å². The predicted molar refractivity (Wildman–Crippen MR) is 128 cm³/mol. The monoisotopic (exact) mass is 458 g/mol. The van der Waals surface area contributed by atoms with E-state index in [2.05, 4.69) is 20.1 Å². The molecule has 0 fully saturated rings. The highest BCUT2D eigenvalue weighted by molar-refractivity contribution is 7.98. The predicted octanol–water partition coefficient (Wildman–Crippen LogP) is 4.38. The molecule has 5 rings (SSSR count). The average Bonchev–Trinajstić information content (AvgIpc) is 3.31. The Morgan fingerprint density at radius 1 is 0.938 bits per heavy atom. The quantitative estimate of drug-likeness (QED) is 0.276. The fourth-order valence-electron chi connectivity index (χ4n) is 3.27. The van der Waals surface area contributed by atoms with Gasteiger partial charge in [0.1, 0.15) is 12.0 Å². The molecule has 5 aromatic rings. The number of hydrogen-bond donors (Lipinski definition) is 0. The highest BCUT2D eigenvalue weighted by atomic mass is 32.2. The molecular formula is C23H18N6OS2. The van der Waals surface area contributed by atoms with Crippen LogP contribution in [0.4, 0.5) is 0 Å². The number of fused-ring (bicyclic) bond motifs is 1. The van der Waals surface area contributed by atoms with Crippen molar-refractivity contribution in [1.82, 2.24) is 28.7 Å². The molecule has 3 aromatic heterocycles. The summed E-state index contributed by atoms with van der Waals surface area (Å²) in [6.45, 7) is 0.438. The second kappa shape index (κ2) is 8.97. The minimum Gasteiger partial charge on any atom is -0.288 e. The lowest BCUT2D eigenvalue weighted by molar-refractivity contribution is 0.771. The molecular weight excluding hydrogens is 440 g/mol. The zero-order valence-electron chi connectivity index (χ0n) is 17.1. The molecule has 2 aromatic carbocycles. The molecule has 0 spiro atoms. The van der Waals surface area contributed by atoms with Crippen LogP contribution in [0, 0.1) is 0 Å². The number of benzene rings is 2. The minimum atomic E-state index is -0.0854. The Bertz CT molecular complexity index is 1430. The van der Waals surface area contributed by atoms with Gasteiger partial charge < -0.3 is 0 Å². The highest BCUT2D eigenvalue weighted by Gasteiger charge is 2.09. The zero-order valence-corrected chi connectivity index (χ0v) is 18.8. The van der Waals surface area contributed by atoms with Crippen LogP contribution < -0.4 is 5.56 Å². The standard InChI is InChI=1S/C23H18N6OS2/c1-31-23-24-13-18-9-12-20(30)28(22(18)26-23)14-16-7-10-19(11-8-16)32-29-15-25-21(27-29)17-5-3-2-4-6-17/h2-13,15H,14H2,1H3. The molecule has 0 atom stereocenters. The van der Waals surface area contributed by atoms with Gasteiger partial charge in [-0.1, -0.05) is 54.2 Å². The fourth-order valence-corrected chi connectivity index (χ4v) is 4.29. The third-order valence-electron chi connectivity index (χ3n) is 4.85. The summed E-state index contributed by atoms with van der Waals surface area (Å²) in [4.78, 5) is 26.8. The summed E-state index contributed by atoms with van der Waals surface area (Å²) < 4.78 is 3.43. The van der Waals surface area contributed by atoms with Crippen LogP contribution in [0.2, 0.25) is 0 Å². The lowest BCUT2D eigenvalue weighted by atomic mass is 10.2. The Hall–Kier alpha value is -3.43. The first-order valence-corrected chi connectivity index (χ1v) is 11.8. The topological polar surface area (TPSA) is 78.5 Å². The molecule has 0 aliphatic rings. The van der Waals surface area contributed by atoms with Gasteiger partial charge in [-0.3, -0.25) is 9.36 Å². The van der Waals surface area contributed by atoms with Crippen molar-refractivity contribution in [2.75, 3.05) is 6.26 Å². The van der Waals surface area contributed by atoms with Crippen molar-refractivity contribution in [3.8, 4) is 11.4 Å². The van der Waals surface area contributed by atoms with Gasteiger partial charge >= 0.3 is 0 Å². The van der Waals surface area contributed by atoms with E-state index >= 15 is 0 Å². The Labute approximate surface area is 192 Å². The summed E-state index contributed by atoms with van der Waals surface area (Å²) in [6, 6.07) is 21.3. The van der Waals surface area contributed by atoms with E-state index in [0.717, 1.165) is 21.4 Å². The summed E-state index contributed by atoms with van der Waals surface area (Å²) in [5, 5.41) is 6.02. The van der Waals surface area contributed by atoms with Crippen LogP contribution in [-0.4, -0.2) is 35.0 Å². The second-order valence-electron chi connectivity index (χ2n) is 6.97. The third-order valence-corrected chi connectivity index (χ3v) is 6.26. The number of rotatable bonds is 6. The molecule has 0 N–H and O–H groups in total. The highest BCUT2D eigenvalue weighted by Crippen LogP contribution is 2.22.